The monoisotopic (exact) mass is 208 g/mol. The first-order valence-electron chi connectivity index (χ1n) is 4.89. The van der Waals surface area contributed by atoms with E-state index in [2.05, 4.69) is 10.3 Å². The van der Waals surface area contributed by atoms with Crippen LogP contribution in [0, 0.1) is 12.7 Å². The Morgan fingerprint density at radius 3 is 3.13 bits per heavy atom. The number of hydrogen-bond acceptors (Lipinski definition) is 3. The molecule has 0 spiro atoms. The number of halogens is 1. The van der Waals surface area contributed by atoms with Crippen LogP contribution in [0.2, 0.25) is 0 Å². The van der Waals surface area contributed by atoms with Gasteiger partial charge < -0.3 is 10.1 Å². The fourth-order valence-electron chi connectivity index (χ4n) is 1.43. The van der Waals surface area contributed by atoms with E-state index in [-0.39, 0.29) is 11.9 Å². The van der Waals surface area contributed by atoms with Crippen molar-refractivity contribution in [3.05, 3.63) is 29.6 Å². The van der Waals surface area contributed by atoms with Gasteiger partial charge in [-0.05, 0) is 24.6 Å². The number of nitrogens with zero attached hydrogens (tertiary/aromatic N) is 1. The molecule has 3 nitrogen and oxygen atoms in total. The second kappa shape index (κ2) is 4.29. The Morgan fingerprint density at radius 2 is 2.47 bits per heavy atom. The zero-order valence-electron chi connectivity index (χ0n) is 8.53. The molecular formula is C11H13FN2O. The fraction of sp³-hybridized carbons (Fsp3) is 0.364. The van der Waals surface area contributed by atoms with E-state index < -0.39 is 0 Å². The number of rotatable bonds is 3. The van der Waals surface area contributed by atoms with Crippen LogP contribution in [-0.4, -0.2) is 25.6 Å². The van der Waals surface area contributed by atoms with Gasteiger partial charge in [0.15, 0.2) is 6.40 Å². The van der Waals surface area contributed by atoms with E-state index in [1.807, 2.05) is 13.0 Å². The van der Waals surface area contributed by atoms with E-state index in [0.29, 0.717) is 18.8 Å². The summed E-state index contributed by atoms with van der Waals surface area (Å²) in [7, 11) is 0. The third-order valence-corrected chi connectivity index (χ3v) is 2.29. The molecule has 1 heterocycles. The molecule has 4 heteroatoms. The van der Waals surface area contributed by atoms with Crippen LogP contribution in [0.3, 0.4) is 0 Å². The Hall–Kier alpha value is -1.58. The highest BCUT2D eigenvalue weighted by molar-refractivity contribution is 5.50. The number of ether oxygens (including phenoxy) is 1. The molecule has 1 N–H and O–H groups in total. The van der Waals surface area contributed by atoms with Crippen molar-refractivity contribution in [2.24, 2.45) is 4.99 Å². The van der Waals surface area contributed by atoms with Crippen LogP contribution in [0.4, 0.5) is 10.1 Å². The third-order valence-electron chi connectivity index (χ3n) is 2.29. The lowest BCUT2D eigenvalue weighted by molar-refractivity contribution is 0.332. The average molecular weight is 208 g/mol. The van der Waals surface area contributed by atoms with Crippen molar-refractivity contribution in [1.29, 1.82) is 0 Å². The van der Waals surface area contributed by atoms with Crippen molar-refractivity contribution in [1.82, 2.24) is 0 Å². The van der Waals surface area contributed by atoms with Gasteiger partial charge in [-0.2, -0.15) is 0 Å². The Balaban J connectivity index is 1.95. The third kappa shape index (κ3) is 2.46. The summed E-state index contributed by atoms with van der Waals surface area (Å²) < 4.78 is 18.4. The van der Waals surface area contributed by atoms with E-state index in [4.69, 9.17) is 4.74 Å². The first kappa shape index (κ1) is 9.96. The second-order valence-corrected chi connectivity index (χ2v) is 3.61. The molecule has 0 saturated carbocycles. The summed E-state index contributed by atoms with van der Waals surface area (Å²) in [5.74, 6) is -0.224. The molecule has 2 rings (SSSR count). The van der Waals surface area contributed by atoms with Gasteiger partial charge in [0.05, 0.1) is 5.69 Å². The molecule has 1 aromatic rings. The lowest BCUT2D eigenvalue weighted by Gasteiger charge is -2.10. The molecule has 0 bridgehead atoms. The molecule has 1 aliphatic heterocycles. The van der Waals surface area contributed by atoms with E-state index in [1.165, 1.54) is 12.5 Å². The smallest absolute Gasteiger partial charge is 0.169 e. The van der Waals surface area contributed by atoms with Crippen molar-refractivity contribution in [3.8, 4) is 0 Å². The SMILES string of the molecule is Cc1ccc(NCC2COC=N2)c(F)c1. The predicted octanol–water partition coefficient (Wildman–Crippen LogP) is 1.97. The lowest BCUT2D eigenvalue weighted by atomic mass is 10.2. The van der Waals surface area contributed by atoms with Crippen molar-refractivity contribution >= 4 is 12.1 Å². The van der Waals surface area contributed by atoms with Crippen LogP contribution in [0.15, 0.2) is 23.2 Å². The van der Waals surface area contributed by atoms with Crippen molar-refractivity contribution in [3.63, 3.8) is 0 Å². The molecule has 0 aromatic heterocycles. The van der Waals surface area contributed by atoms with Crippen LogP contribution in [0.5, 0.6) is 0 Å². The number of aliphatic imine (C=N–C) groups is 1. The average Bonchev–Trinajstić information content (AvgIpc) is 2.69. The summed E-state index contributed by atoms with van der Waals surface area (Å²) in [6.07, 6.45) is 1.44. The Morgan fingerprint density at radius 1 is 1.60 bits per heavy atom. The largest absolute Gasteiger partial charge is 0.481 e. The topological polar surface area (TPSA) is 33.6 Å². The molecule has 1 atom stereocenters. The second-order valence-electron chi connectivity index (χ2n) is 3.61. The van der Waals surface area contributed by atoms with Crippen LogP contribution in [0.1, 0.15) is 5.56 Å². The normalized spacial score (nSPS) is 18.9. The molecule has 80 valence electrons. The van der Waals surface area contributed by atoms with Crippen LogP contribution < -0.4 is 5.32 Å². The Labute approximate surface area is 88.0 Å². The van der Waals surface area contributed by atoms with Gasteiger partial charge in [0, 0.05) is 6.54 Å². The predicted molar refractivity (Wildman–Crippen MR) is 57.9 cm³/mol. The molecule has 1 unspecified atom stereocenters. The van der Waals surface area contributed by atoms with Gasteiger partial charge in [0.25, 0.3) is 0 Å². The highest BCUT2D eigenvalue weighted by Crippen LogP contribution is 2.15. The van der Waals surface area contributed by atoms with E-state index in [9.17, 15) is 4.39 Å². The highest BCUT2D eigenvalue weighted by atomic mass is 19.1. The molecule has 15 heavy (non-hydrogen) atoms. The number of aryl methyl sites for hydroxylation is 1. The van der Waals surface area contributed by atoms with E-state index >= 15 is 0 Å². The van der Waals surface area contributed by atoms with Crippen molar-refractivity contribution in [2.45, 2.75) is 13.0 Å². The summed E-state index contributed by atoms with van der Waals surface area (Å²) in [5.41, 5.74) is 1.43. The minimum atomic E-state index is -0.224. The number of hydrogen-bond donors (Lipinski definition) is 1. The molecule has 0 aliphatic carbocycles. The molecule has 1 aromatic carbocycles. The zero-order valence-corrected chi connectivity index (χ0v) is 8.53. The maximum Gasteiger partial charge on any atom is 0.169 e. The highest BCUT2D eigenvalue weighted by Gasteiger charge is 2.11. The van der Waals surface area contributed by atoms with Gasteiger partial charge in [-0.3, -0.25) is 0 Å². The van der Waals surface area contributed by atoms with Gasteiger partial charge >= 0.3 is 0 Å². The van der Waals surface area contributed by atoms with E-state index in [1.54, 1.807) is 6.07 Å². The quantitative estimate of drug-likeness (QED) is 0.824. The van der Waals surface area contributed by atoms with Gasteiger partial charge in [0.1, 0.15) is 18.5 Å². The Bertz CT molecular complexity index is 379. The van der Waals surface area contributed by atoms with E-state index in [0.717, 1.165) is 5.56 Å². The van der Waals surface area contributed by atoms with Gasteiger partial charge in [-0.1, -0.05) is 6.07 Å². The minimum Gasteiger partial charge on any atom is -0.481 e. The summed E-state index contributed by atoms with van der Waals surface area (Å²) in [5, 5.41) is 3.01. The molecule has 0 amide bonds. The molecule has 0 radical (unpaired) electrons. The van der Waals surface area contributed by atoms with Crippen LogP contribution in [-0.2, 0) is 4.74 Å². The zero-order chi connectivity index (χ0) is 10.7. The summed E-state index contributed by atoms with van der Waals surface area (Å²) in [4.78, 5) is 4.07. The fourth-order valence-corrected chi connectivity index (χ4v) is 1.43. The van der Waals surface area contributed by atoms with Crippen molar-refractivity contribution in [2.75, 3.05) is 18.5 Å². The number of benzene rings is 1. The van der Waals surface area contributed by atoms with Gasteiger partial charge in [-0.15, -0.1) is 0 Å². The maximum absolute atomic E-state index is 13.4. The van der Waals surface area contributed by atoms with Crippen molar-refractivity contribution < 1.29 is 9.13 Å². The number of anilines is 1. The first-order valence-corrected chi connectivity index (χ1v) is 4.89. The maximum atomic E-state index is 13.4. The first-order chi connectivity index (χ1) is 7.25. The van der Waals surface area contributed by atoms with Crippen LogP contribution >= 0.6 is 0 Å². The lowest BCUT2D eigenvalue weighted by Crippen LogP contribution is -2.19. The minimum absolute atomic E-state index is 0.0886. The van der Waals surface area contributed by atoms with Crippen LogP contribution in [0.25, 0.3) is 0 Å². The summed E-state index contributed by atoms with van der Waals surface area (Å²) >= 11 is 0. The molecule has 1 aliphatic rings. The molecule has 0 fully saturated rings. The summed E-state index contributed by atoms with van der Waals surface area (Å²) in [6, 6.07) is 5.21. The summed E-state index contributed by atoms with van der Waals surface area (Å²) in [6.45, 7) is 3.03. The number of nitrogens with one attached hydrogen (secondary N) is 1. The van der Waals surface area contributed by atoms with Gasteiger partial charge in [-0.25, -0.2) is 9.38 Å². The standard InChI is InChI=1S/C11H13FN2O/c1-8-2-3-11(10(12)4-8)13-5-9-6-15-7-14-9/h2-4,7,9,13H,5-6H2,1H3. The molecule has 0 saturated heterocycles. The Kier molecular flexibility index (Phi) is 2.85. The molecular weight excluding hydrogens is 195 g/mol. The van der Waals surface area contributed by atoms with Gasteiger partial charge in [0.2, 0.25) is 0 Å².